The molecule has 1 heterocycles. The van der Waals surface area contributed by atoms with Gasteiger partial charge in [0.1, 0.15) is 10.0 Å². The highest BCUT2D eigenvalue weighted by molar-refractivity contribution is 8.23. The van der Waals surface area contributed by atoms with E-state index in [1.807, 2.05) is 0 Å². The number of rotatable bonds is 2. The molecule has 1 fully saturated rings. The largest absolute Gasteiger partial charge is 0.378 e. The van der Waals surface area contributed by atoms with E-state index < -0.39 is 4.93 Å². The van der Waals surface area contributed by atoms with Crippen LogP contribution >= 0.6 is 23.5 Å². The summed E-state index contributed by atoms with van der Waals surface area (Å²) in [5.41, 5.74) is 0. The van der Waals surface area contributed by atoms with Crippen molar-refractivity contribution in [3.63, 3.8) is 0 Å². The molecule has 1 N–H and O–H groups in total. The van der Waals surface area contributed by atoms with Gasteiger partial charge in [0.15, 0.2) is 0 Å². The molecule has 1 nitrogen and oxygen atoms in total. The molecule has 0 spiro atoms. The molecule has 0 aliphatic carbocycles. The molecule has 2 atom stereocenters. The number of thioether (sulfide) groups is 2. The Kier molecular flexibility index (Phi) is 3.18. The molecule has 1 rings (SSSR count). The van der Waals surface area contributed by atoms with Crippen LogP contribution in [-0.2, 0) is 0 Å². The van der Waals surface area contributed by atoms with E-state index in [-0.39, 0.29) is 0 Å². The van der Waals surface area contributed by atoms with Gasteiger partial charge < -0.3 is 5.11 Å². The van der Waals surface area contributed by atoms with E-state index in [9.17, 15) is 5.11 Å². The van der Waals surface area contributed by atoms with E-state index in [1.54, 1.807) is 11.8 Å². The monoisotopic (exact) mass is 190 g/mol. The molecule has 0 aromatic rings. The van der Waals surface area contributed by atoms with Crippen LogP contribution in [0.25, 0.3) is 0 Å². The third kappa shape index (κ3) is 1.70. The topological polar surface area (TPSA) is 20.2 Å². The average molecular weight is 190 g/mol. The normalized spacial score (nSPS) is 38.5. The van der Waals surface area contributed by atoms with Gasteiger partial charge in [-0.3, -0.25) is 0 Å². The van der Waals surface area contributed by atoms with Gasteiger partial charge in [-0.2, -0.15) is 0 Å². The molecule has 3 heteroatoms. The quantitative estimate of drug-likeness (QED) is 0.723. The van der Waals surface area contributed by atoms with Crippen LogP contribution in [0.4, 0.5) is 0 Å². The van der Waals surface area contributed by atoms with Gasteiger partial charge in [0.2, 0.25) is 0 Å². The van der Waals surface area contributed by atoms with Crippen molar-refractivity contribution >= 4 is 23.5 Å². The second-order valence-corrected chi connectivity index (χ2v) is 5.44. The number of aliphatic hydroxyl groups is 1. The first-order valence-corrected chi connectivity index (χ1v) is 5.62. The van der Waals surface area contributed by atoms with Crippen LogP contribution in [-0.4, -0.2) is 15.3 Å². The van der Waals surface area contributed by atoms with Gasteiger partial charge in [0.25, 0.3) is 0 Å². The fourth-order valence-corrected chi connectivity index (χ4v) is 3.79. The molecule has 1 aliphatic heterocycles. The van der Waals surface area contributed by atoms with Crippen LogP contribution in [0.3, 0.4) is 0 Å². The second kappa shape index (κ2) is 3.58. The lowest BCUT2D eigenvalue weighted by molar-refractivity contribution is 0.0869. The molecular weight excluding hydrogens is 176 g/mol. The minimum atomic E-state index is -0.570. The highest BCUT2D eigenvalue weighted by atomic mass is 32.2. The van der Waals surface area contributed by atoms with E-state index >= 15 is 0 Å². The first-order chi connectivity index (χ1) is 5.11. The van der Waals surface area contributed by atoms with E-state index in [2.05, 4.69) is 25.9 Å². The van der Waals surface area contributed by atoms with Crippen molar-refractivity contribution in [2.45, 2.75) is 37.4 Å². The Labute approximate surface area is 77.3 Å². The summed E-state index contributed by atoms with van der Waals surface area (Å²) < 4.78 is 0. The molecule has 0 amide bonds. The predicted octanol–water partition coefficient (Wildman–Crippen LogP) is 2.59. The summed E-state index contributed by atoms with van der Waals surface area (Å²) in [4.78, 5) is -0.570. The Balaban J connectivity index is 2.67. The van der Waals surface area contributed by atoms with E-state index in [4.69, 9.17) is 0 Å². The second-order valence-electron chi connectivity index (χ2n) is 3.11. The van der Waals surface area contributed by atoms with Gasteiger partial charge >= 0.3 is 0 Å². The minimum Gasteiger partial charge on any atom is -0.378 e. The third-order valence-electron chi connectivity index (χ3n) is 2.05. The van der Waals surface area contributed by atoms with Crippen LogP contribution in [0.1, 0.15) is 27.2 Å². The van der Waals surface area contributed by atoms with Crippen molar-refractivity contribution in [3.8, 4) is 0 Å². The maximum Gasteiger partial charge on any atom is 0.126 e. The lowest BCUT2D eigenvalue weighted by atomic mass is 10.0. The zero-order chi connectivity index (χ0) is 8.48. The van der Waals surface area contributed by atoms with Crippen molar-refractivity contribution in [1.29, 1.82) is 0 Å². The van der Waals surface area contributed by atoms with E-state index in [1.165, 1.54) is 11.8 Å². The Morgan fingerprint density at radius 2 is 2.27 bits per heavy atom. The van der Waals surface area contributed by atoms with Crippen molar-refractivity contribution in [2.75, 3.05) is 0 Å². The van der Waals surface area contributed by atoms with Gasteiger partial charge in [-0.15, -0.1) is 23.5 Å². The number of hydrogen-bond donors (Lipinski definition) is 1. The van der Waals surface area contributed by atoms with Crippen molar-refractivity contribution < 1.29 is 5.11 Å². The SMILES string of the molecule is CCC1S[C]SC1(O)C(C)C. The lowest BCUT2D eigenvalue weighted by Crippen LogP contribution is -2.38. The highest BCUT2D eigenvalue weighted by Crippen LogP contribution is 2.52. The predicted molar refractivity (Wildman–Crippen MR) is 52.3 cm³/mol. The smallest absolute Gasteiger partial charge is 0.126 e. The molecule has 1 aliphatic rings. The van der Waals surface area contributed by atoms with Crippen LogP contribution in [0.5, 0.6) is 0 Å². The summed E-state index contributed by atoms with van der Waals surface area (Å²) in [6, 6.07) is 0. The molecule has 2 radical (unpaired) electrons. The zero-order valence-electron chi connectivity index (χ0n) is 7.13. The fraction of sp³-hybridized carbons (Fsp3) is 0.875. The highest BCUT2D eigenvalue weighted by Gasteiger charge is 2.44. The standard InChI is InChI=1S/C8H14OS2/c1-4-7-8(9,6(2)3)11-5-10-7/h6-7,9H,4H2,1-3H3. The van der Waals surface area contributed by atoms with Gasteiger partial charge in [-0.05, 0) is 12.3 Å². The molecule has 11 heavy (non-hydrogen) atoms. The van der Waals surface area contributed by atoms with E-state index in [0.29, 0.717) is 11.2 Å². The Hall–Kier alpha value is 0.660. The summed E-state index contributed by atoms with van der Waals surface area (Å²) >= 11 is 3.09. The average Bonchev–Trinajstić information content (AvgIpc) is 2.32. The summed E-state index contributed by atoms with van der Waals surface area (Å²) in [5.74, 6) is 0.306. The summed E-state index contributed by atoms with van der Waals surface area (Å²) in [5, 5.41) is 13.5. The molecule has 0 bridgehead atoms. The molecule has 1 saturated heterocycles. The van der Waals surface area contributed by atoms with Gasteiger partial charge in [0, 0.05) is 5.25 Å². The fourth-order valence-electron chi connectivity index (χ4n) is 1.16. The molecule has 64 valence electrons. The Morgan fingerprint density at radius 1 is 1.64 bits per heavy atom. The third-order valence-corrected chi connectivity index (χ3v) is 4.98. The van der Waals surface area contributed by atoms with Crippen molar-refractivity contribution in [3.05, 3.63) is 5.08 Å². The van der Waals surface area contributed by atoms with Crippen molar-refractivity contribution in [2.24, 2.45) is 5.92 Å². The van der Waals surface area contributed by atoms with Crippen LogP contribution in [0.15, 0.2) is 0 Å². The molecule has 2 unspecified atom stereocenters. The van der Waals surface area contributed by atoms with Crippen LogP contribution in [0.2, 0.25) is 0 Å². The Morgan fingerprint density at radius 3 is 2.64 bits per heavy atom. The summed E-state index contributed by atoms with van der Waals surface area (Å²) in [6.07, 6.45) is 1.01. The minimum absolute atomic E-state index is 0.306. The zero-order valence-corrected chi connectivity index (χ0v) is 8.76. The van der Waals surface area contributed by atoms with E-state index in [0.717, 1.165) is 6.42 Å². The summed E-state index contributed by atoms with van der Waals surface area (Å²) in [6.45, 7) is 6.23. The first kappa shape index (κ1) is 9.75. The molecule has 0 aromatic heterocycles. The maximum absolute atomic E-state index is 10.1. The summed E-state index contributed by atoms with van der Waals surface area (Å²) in [7, 11) is 0. The number of hydrogen-bond acceptors (Lipinski definition) is 3. The molecule has 0 saturated carbocycles. The van der Waals surface area contributed by atoms with Gasteiger partial charge in [0.05, 0.1) is 0 Å². The van der Waals surface area contributed by atoms with Crippen LogP contribution in [0, 0.1) is 11.0 Å². The Bertz CT molecular complexity index is 138. The van der Waals surface area contributed by atoms with Crippen LogP contribution < -0.4 is 0 Å². The van der Waals surface area contributed by atoms with Gasteiger partial charge in [-0.25, -0.2) is 0 Å². The van der Waals surface area contributed by atoms with Gasteiger partial charge in [-0.1, -0.05) is 20.8 Å². The van der Waals surface area contributed by atoms with Crippen molar-refractivity contribution in [1.82, 2.24) is 0 Å². The lowest BCUT2D eigenvalue weighted by Gasteiger charge is -2.31. The first-order valence-electron chi connectivity index (χ1n) is 3.92. The molecular formula is C8H14OS2. The maximum atomic E-state index is 10.1. The molecule has 0 aromatic carbocycles.